The van der Waals surface area contributed by atoms with Gasteiger partial charge in [0.15, 0.2) is 9.84 Å². The molecular formula is C21H18ClNO5S. The zero-order valence-electron chi connectivity index (χ0n) is 15.3. The topological polar surface area (TPSA) is 91.8 Å². The Bertz CT molecular complexity index is 1110. The third kappa shape index (κ3) is 3.56. The summed E-state index contributed by atoms with van der Waals surface area (Å²) in [5.41, 5.74) is 0.937. The van der Waals surface area contributed by atoms with Crippen molar-refractivity contribution in [2.75, 3.05) is 11.5 Å². The van der Waals surface area contributed by atoms with Gasteiger partial charge >= 0.3 is 0 Å². The van der Waals surface area contributed by atoms with Crippen molar-refractivity contribution in [1.82, 2.24) is 4.90 Å². The molecule has 0 spiro atoms. The largest absolute Gasteiger partial charge is 0.507 e. The molecule has 8 heteroatoms. The third-order valence-corrected chi connectivity index (χ3v) is 7.32. The Labute approximate surface area is 173 Å². The monoisotopic (exact) mass is 431 g/mol. The molecule has 4 rings (SSSR count). The molecule has 2 aromatic rings. The molecule has 1 N–H and O–H groups in total. The van der Waals surface area contributed by atoms with Gasteiger partial charge in [-0.2, -0.15) is 0 Å². The Morgan fingerprint density at radius 3 is 2.28 bits per heavy atom. The Balaban J connectivity index is 1.89. The number of rotatable bonds is 3. The predicted molar refractivity (Wildman–Crippen MR) is 109 cm³/mol. The fourth-order valence-electron chi connectivity index (χ4n) is 3.95. The second-order valence-electron chi connectivity index (χ2n) is 7.18. The van der Waals surface area contributed by atoms with Gasteiger partial charge in [-0.05, 0) is 24.1 Å². The molecule has 6 nitrogen and oxygen atoms in total. The summed E-state index contributed by atoms with van der Waals surface area (Å²) in [6.07, 6.45) is 0.255. The van der Waals surface area contributed by atoms with Gasteiger partial charge in [-0.15, -0.1) is 0 Å². The third-order valence-electron chi connectivity index (χ3n) is 5.31. The lowest BCUT2D eigenvalue weighted by Crippen LogP contribution is -2.40. The Hall–Kier alpha value is -2.64. The molecule has 29 heavy (non-hydrogen) atoms. The van der Waals surface area contributed by atoms with E-state index in [1.54, 1.807) is 54.6 Å². The quantitative estimate of drug-likeness (QED) is 0.458. The molecule has 2 atom stereocenters. The van der Waals surface area contributed by atoms with Crippen molar-refractivity contribution in [2.24, 2.45) is 0 Å². The molecule has 2 fully saturated rings. The smallest absolute Gasteiger partial charge is 0.295 e. The molecule has 2 saturated heterocycles. The van der Waals surface area contributed by atoms with E-state index in [-0.39, 0.29) is 29.3 Å². The number of aliphatic hydroxyl groups excluding tert-OH is 1. The van der Waals surface area contributed by atoms with E-state index in [1.807, 2.05) is 0 Å². The molecule has 2 aliphatic heterocycles. The van der Waals surface area contributed by atoms with E-state index in [0.29, 0.717) is 16.1 Å². The van der Waals surface area contributed by atoms with Crippen LogP contribution < -0.4 is 0 Å². The van der Waals surface area contributed by atoms with Gasteiger partial charge in [0.1, 0.15) is 5.76 Å². The van der Waals surface area contributed by atoms with Gasteiger partial charge in [0.05, 0.1) is 23.1 Å². The molecule has 150 valence electrons. The Kier molecular flexibility index (Phi) is 4.96. The highest BCUT2D eigenvalue weighted by molar-refractivity contribution is 7.91. The number of carbonyl (C=O) groups is 2. The summed E-state index contributed by atoms with van der Waals surface area (Å²) in [4.78, 5) is 27.1. The first-order chi connectivity index (χ1) is 13.8. The van der Waals surface area contributed by atoms with Crippen molar-refractivity contribution >= 4 is 38.9 Å². The molecule has 0 saturated carbocycles. The van der Waals surface area contributed by atoms with Crippen molar-refractivity contribution in [2.45, 2.75) is 18.5 Å². The van der Waals surface area contributed by atoms with E-state index in [2.05, 4.69) is 0 Å². The van der Waals surface area contributed by atoms with E-state index in [0.717, 1.165) is 0 Å². The first-order valence-electron chi connectivity index (χ1n) is 9.10. The fraction of sp³-hybridized carbons (Fsp3) is 0.238. The highest BCUT2D eigenvalue weighted by Crippen LogP contribution is 2.42. The van der Waals surface area contributed by atoms with Crippen molar-refractivity contribution < 1.29 is 23.1 Å². The van der Waals surface area contributed by atoms with Crippen LogP contribution in [0.25, 0.3) is 5.76 Å². The van der Waals surface area contributed by atoms with Crippen LogP contribution in [0.1, 0.15) is 23.6 Å². The summed E-state index contributed by atoms with van der Waals surface area (Å²) in [6, 6.07) is 13.6. The lowest BCUT2D eigenvalue weighted by Gasteiger charge is -2.30. The minimum atomic E-state index is -3.28. The number of Topliss-reactive ketones (excluding diaryl/α,β-unsaturated/α-hetero) is 1. The summed E-state index contributed by atoms with van der Waals surface area (Å²) in [5, 5.41) is 11.4. The Morgan fingerprint density at radius 1 is 1.03 bits per heavy atom. The number of amides is 1. The average molecular weight is 432 g/mol. The van der Waals surface area contributed by atoms with Crippen molar-refractivity contribution in [3.8, 4) is 0 Å². The van der Waals surface area contributed by atoms with Crippen LogP contribution in [0.3, 0.4) is 0 Å². The average Bonchev–Trinajstić information content (AvgIpc) is 3.19. The lowest BCUT2D eigenvalue weighted by atomic mass is 9.95. The molecule has 0 unspecified atom stereocenters. The van der Waals surface area contributed by atoms with E-state index >= 15 is 0 Å². The minimum absolute atomic E-state index is 0.0350. The summed E-state index contributed by atoms with van der Waals surface area (Å²) in [6.45, 7) is 0. The molecule has 0 bridgehead atoms. The van der Waals surface area contributed by atoms with Gasteiger partial charge in [-0.3, -0.25) is 9.59 Å². The summed E-state index contributed by atoms with van der Waals surface area (Å²) in [7, 11) is -3.28. The predicted octanol–water partition coefficient (Wildman–Crippen LogP) is 2.95. The van der Waals surface area contributed by atoms with Gasteiger partial charge in [-0.1, -0.05) is 54.1 Å². The summed E-state index contributed by atoms with van der Waals surface area (Å²) >= 11 is 5.98. The number of sulfone groups is 1. The maximum atomic E-state index is 12.9. The number of hydrogen-bond acceptors (Lipinski definition) is 5. The van der Waals surface area contributed by atoms with Crippen molar-refractivity contribution in [3.05, 3.63) is 76.3 Å². The fourth-order valence-corrected chi connectivity index (χ4v) is 5.78. The van der Waals surface area contributed by atoms with E-state index < -0.39 is 33.6 Å². The van der Waals surface area contributed by atoms with Gasteiger partial charge in [0, 0.05) is 16.6 Å². The van der Waals surface area contributed by atoms with Gasteiger partial charge in [0.25, 0.3) is 11.7 Å². The van der Waals surface area contributed by atoms with Crippen LogP contribution >= 0.6 is 11.6 Å². The molecule has 0 aromatic heterocycles. The maximum Gasteiger partial charge on any atom is 0.295 e. The number of halogens is 1. The van der Waals surface area contributed by atoms with Crippen LogP contribution in [0.4, 0.5) is 0 Å². The van der Waals surface area contributed by atoms with Gasteiger partial charge < -0.3 is 10.0 Å². The number of ketones is 1. The molecule has 2 aromatic carbocycles. The number of hydrogen-bond donors (Lipinski definition) is 1. The molecule has 1 amide bonds. The van der Waals surface area contributed by atoms with E-state index in [1.165, 1.54) is 4.90 Å². The van der Waals surface area contributed by atoms with Crippen LogP contribution in [0.2, 0.25) is 5.02 Å². The van der Waals surface area contributed by atoms with Crippen LogP contribution in [0, 0.1) is 0 Å². The van der Waals surface area contributed by atoms with Gasteiger partial charge in [-0.25, -0.2) is 8.42 Å². The number of carbonyl (C=O) groups excluding carboxylic acids is 2. The SMILES string of the molecule is O=C1C(=O)N([C@H]2CCS(=O)(=O)C2)[C@@H](c2ccc(Cl)cc2)C1=C(O)c1ccccc1. The molecule has 0 radical (unpaired) electrons. The number of nitrogens with zero attached hydrogens (tertiary/aromatic N) is 1. The molecular weight excluding hydrogens is 414 g/mol. The zero-order chi connectivity index (χ0) is 20.8. The first kappa shape index (κ1) is 19.7. The highest BCUT2D eigenvalue weighted by Gasteiger charge is 2.50. The maximum absolute atomic E-state index is 12.9. The number of benzene rings is 2. The van der Waals surface area contributed by atoms with Crippen molar-refractivity contribution in [3.63, 3.8) is 0 Å². The number of likely N-dealkylation sites (tertiary alicyclic amines) is 1. The van der Waals surface area contributed by atoms with Gasteiger partial charge in [0.2, 0.25) is 0 Å². The first-order valence-corrected chi connectivity index (χ1v) is 11.3. The normalized spacial score (nSPS) is 25.5. The minimum Gasteiger partial charge on any atom is -0.507 e. The van der Waals surface area contributed by atoms with Crippen LogP contribution in [0.5, 0.6) is 0 Å². The van der Waals surface area contributed by atoms with E-state index in [4.69, 9.17) is 11.6 Å². The van der Waals surface area contributed by atoms with Crippen LogP contribution in [0.15, 0.2) is 60.2 Å². The molecule has 2 aliphatic rings. The second kappa shape index (κ2) is 7.31. The lowest BCUT2D eigenvalue weighted by molar-refractivity contribution is -0.141. The number of aliphatic hydroxyl groups is 1. The highest BCUT2D eigenvalue weighted by atomic mass is 35.5. The van der Waals surface area contributed by atoms with E-state index in [9.17, 15) is 23.1 Å². The van der Waals surface area contributed by atoms with Crippen LogP contribution in [-0.2, 0) is 19.4 Å². The summed E-state index contributed by atoms with van der Waals surface area (Å²) in [5.74, 6) is -2.14. The second-order valence-corrected chi connectivity index (χ2v) is 9.85. The summed E-state index contributed by atoms with van der Waals surface area (Å²) < 4.78 is 24.0. The van der Waals surface area contributed by atoms with Crippen molar-refractivity contribution in [1.29, 1.82) is 0 Å². The van der Waals surface area contributed by atoms with Crippen LogP contribution in [-0.4, -0.2) is 47.7 Å². The Morgan fingerprint density at radius 2 is 1.69 bits per heavy atom. The zero-order valence-corrected chi connectivity index (χ0v) is 16.9. The molecule has 0 aliphatic carbocycles. The standard InChI is InChI=1S/C21H18ClNO5S/c22-15-8-6-13(7-9-15)18-17(19(24)14-4-2-1-3-5-14)20(25)21(26)23(18)16-10-11-29(27,28)12-16/h1-9,16,18,24H,10-12H2/t16-,18-/m0/s1. The molecule has 2 heterocycles.